The van der Waals surface area contributed by atoms with Gasteiger partial charge in [0.25, 0.3) is 39.1 Å². The van der Waals surface area contributed by atoms with Crippen LogP contribution in [-0.4, -0.2) is 218 Å². The molecule has 764 valence electrons. The van der Waals surface area contributed by atoms with Crippen molar-refractivity contribution in [1.82, 2.24) is 16.0 Å². The van der Waals surface area contributed by atoms with Gasteiger partial charge in [0.15, 0.2) is 46.0 Å². The van der Waals surface area contributed by atoms with E-state index >= 15 is 0 Å². The highest BCUT2D eigenvalue weighted by molar-refractivity contribution is 9.10. The van der Waals surface area contributed by atoms with E-state index in [2.05, 4.69) is 57.3 Å². The number of benzene rings is 8. The summed E-state index contributed by atoms with van der Waals surface area (Å²) in [5.41, 5.74) is 4.35. The van der Waals surface area contributed by atoms with Gasteiger partial charge >= 0.3 is 45.0 Å². The number of carboxylic acids is 1. The Balaban J connectivity index is 0.000000267. The Hall–Kier alpha value is -11.8. The van der Waals surface area contributed by atoms with E-state index in [0.717, 1.165) is 21.1 Å². The summed E-state index contributed by atoms with van der Waals surface area (Å²) in [5.74, 6) is 0.742. The largest absolute Gasteiger partial charge is 0.495 e. The van der Waals surface area contributed by atoms with Gasteiger partial charge in [0.2, 0.25) is 0 Å². The minimum atomic E-state index is -4.03. The SMILES string of the molecule is CC1(C)OB(B2OC(C)(C)C(C)(C)O2)OC1(C)C.CCNC(=O)c1ccc(CBr)c([N+](=O)[O-])c1.CCNC(=O)c1ccc(Cc2cc(OC)c(OC)cc2CC(=O)O)c(NS(=O)(=O)c2ccc(Cl)cc2)c1.CCNC(=O)c1ccc(Cc2cc(OC)c(OC)cc2CC(=O)OC)c([N+](=O)[O-])c1.COC(=O)Cc1cc(OC)c(OC)cc1B1OC(C)(C)C(C)(C)O1.COC(=O)Cc1cc(OC)c(OC)cc1Br. The third kappa shape index (κ3) is 31.6. The lowest BCUT2D eigenvalue weighted by Gasteiger charge is -2.32. The van der Waals surface area contributed by atoms with Crippen molar-refractivity contribution in [2.75, 3.05) is 103 Å². The van der Waals surface area contributed by atoms with Crippen LogP contribution in [0.3, 0.4) is 0 Å². The van der Waals surface area contributed by atoms with Crippen molar-refractivity contribution >= 4 is 139 Å². The number of aliphatic carboxylic acids is 1. The molecule has 37 nitrogen and oxygen atoms in total. The summed E-state index contributed by atoms with van der Waals surface area (Å²) in [4.78, 5) is 104. The Morgan fingerprint density at radius 3 is 1.06 bits per heavy atom. The van der Waals surface area contributed by atoms with Gasteiger partial charge in [-0.2, -0.15) is 0 Å². The van der Waals surface area contributed by atoms with Crippen molar-refractivity contribution in [3.63, 3.8) is 0 Å². The summed E-state index contributed by atoms with van der Waals surface area (Å²) < 4.78 is 122. The van der Waals surface area contributed by atoms with Crippen LogP contribution in [0.15, 0.2) is 137 Å². The van der Waals surface area contributed by atoms with E-state index in [4.69, 9.17) is 86.9 Å². The number of anilines is 1. The second-order valence-corrected chi connectivity index (χ2v) is 38.1. The topological polar surface area (TPSA) is 465 Å². The summed E-state index contributed by atoms with van der Waals surface area (Å²) >= 11 is 12.4. The molecule has 5 N–H and O–H groups in total. The number of methoxy groups -OCH3 is 11. The number of esters is 3. The molecule has 11 rings (SSSR count). The maximum atomic E-state index is 13.2. The van der Waals surface area contributed by atoms with E-state index in [0.29, 0.717) is 120 Å². The molecule has 0 atom stereocenters. The van der Waals surface area contributed by atoms with Crippen LogP contribution in [0.4, 0.5) is 17.1 Å². The Kier molecular flexibility index (Phi) is 43.7. The molecular formula is C97H124B3Br2ClN6O31S. The third-order valence-corrected chi connectivity index (χ3v) is 26.6. The van der Waals surface area contributed by atoms with Crippen molar-refractivity contribution in [2.45, 2.75) is 186 Å². The van der Waals surface area contributed by atoms with Crippen LogP contribution in [-0.2, 0) is 115 Å². The van der Waals surface area contributed by atoms with E-state index in [-0.39, 0.29) is 124 Å². The molecule has 0 saturated carbocycles. The highest BCUT2D eigenvalue weighted by atomic mass is 79.9. The number of nitro groups is 2. The van der Waals surface area contributed by atoms with Crippen molar-refractivity contribution in [2.24, 2.45) is 0 Å². The minimum absolute atomic E-state index is 0.0102. The van der Waals surface area contributed by atoms with Crippen molar-refractivity contribution in [3.05, 3.63) is 224 Å². The van der Waals surface area contributed by atoms with Crippen LogP contribution in [0.1, 0.15) is 185 Å². The van der Waals surface area contributed by atoms with Crippen LogP contribution < -0.4 is 64.0 Å². The number of sulfonamides is 1. The zero-order chi connectivity index (χ0) is 106. The number of amides is 3. The molecule has 3 aliphatic rings. The highest BCUT2D eigenvalue weighted by Crippen LogP contribution is 2.45. The van der Waals surface area contributed by atoms with Crippen LogP contribution >= 0.6 is 43.5 Å². The fourth-order valence-corrected chi connectivity index (χ4v) is 15.9. The summed E-state index contributed by atoms with van der Waals surface area (Å²) in [6, 6.07) is 32.8. The van der Waals surface area contributed by atoms with Crippen LogP contribution in [0.25, 0.3) is 0 Å². The molecule has 0 radical (unpaired) electrons. The van der Waals surface area contributed by atoms with Gasteiger partial charge in [-0.05, 0) is 252 Å². The smallest absolute Gasteiger partial charge is 0.493 e. The number of hydrogen-bond donors (Lipinski definition) is 5. The van der Waals surface area contributed by atoms with Gasteiger partial charge in [0.05, 0.1) is 158 Å². The number of nitrogens with one attached hydrogen (secondary N) is 4. The van der Waals surface area contributed by atoms with Crippen molar-refractivity contribution in [3.8, 4) is 46.0 Å². The molecule has 3 heterocycles. The van der Waals surface area contributed by atoms with Gasteiger partial charge in [0.1, 0.15) is 0 Å². The molecule has 3 aliphatic heterocycles. The molecule has 8 aromatic rings. The zero-order valence-corrected chi connectivity index (χ0v) is 88.8. The number of carbonyl (C=O) groups is 7. The predicted octanol–water partition coefficient (Wildman–Crippen LogP) is 15.2. The number of ether oxygens (including phenoxy) is 11. The van der Waals surface area contributed by atoms with E-state index in [9.17, 15) is 67.3 Å². The molecule has 8 aromatic carbocycles. The summed E-state index contributed by atoms with van der Waals surface area (Å²) in [6.07, 6.45) is 0.277. The van der Waals surface area contributed by atoms with Gasteiger partial charge in [0, 0.05) is 80.8 Å². The number of hydrogen-bond acceptors (Lipinski definition) is 30. The maximum Gasteiger partial charge on any atom is 0.495 e. The normalized spacial score (nSPS) is 14.5. The fourth-order valence-electron chi connectivity index (χ4n) is 13.7. The second-order valence-electron chi connectivity index (χ2n) is 34.5. The number of alkyl halides is 1. The number of nitro benzene ring substituents is 2. The number of carboxylic acid groups (broad SMARTS) is 1. The molecule has 0 aliphatic carbocycles. The minimum Gasteiger partial charge on any atom is -0.493 e. The predicted molar refractivity (Wildman–Crippen MR) is 539 cm³/mol. The van der Waals surface area contributed by atoms with Crippen LogP contribution in [0.5, 0.6) is 46.0 Å². The molecule has 3 fully saturated rings. The summed E-state index contributed by atoms with van der Waals surface area (Å²) in [7, 11) is 10.5. The van der Waals surface area contributed by atoms with E-state index in [1.54, 1.807) is 128 Å². The number of rotatable bonds is 34. The number of carbonyl (C=O) groups excluding carboxylic acids is 6. The van der Waals surface area contributed by atoms with Gasteiger partial charge in [-0.3, -0.25) is 58.5 Å². The first-order valence-electron chi connectivity index (χ1n) is 44.1. The lowest BCUT2D eigenvalue weighted by molar-refractivity contribution is -0.385. The van der Waals surface area contributed by atoms with Gasteiger partial charge < -0.3 is 101 Å². The van der Waals surface area contributed by atoms with E-state index < -0.39 is 64.1 Å². The Bertz CT molecular complexity index is 5810. The van der Waals surface area contributed by atoms with Crippen LogP contribution in [0.2, 0.25) is 5.02 Å². The second kappa shape index (κ2) is 52.3. The molecule has 3 amide bonds. The average Bonchev–Trinajstić information content (AvgIpc) is 1.59. The summed E-state index contributed by atoms with van der Waals surface area (Å²) in [6.45, 7) is 30.8. The first-order chi connectivity index (χ1) is 66.1. The quantitative estimate of drug-likeness (QED) is 0.00624. The average molecular weight is 2130 g/mol. The zero-order valence-electron chi connectivity index (χ0n) is 84.1. The van der Waals surface area contributed by atoms with Gasteiger partial charge in [-0.15, -0.1) is 0 Å². The molecule has 44 heteroatoms. The first-order valence-corrected chi connectivity index (χ1v) is 47.9. The molecule has 0 bridgehead atoms. The summed E-state index contributed by atoms with van der Waals surface area (Å²) in [5, 5.41) is 40.5. The third-order valence-electron chi connectivity index (χ3n) is 23.7. The Labute approximate surface area is 845 Å². The van der Waals surface area contributed by atoms with E-state index in [1.165, 1.54) is 98.3 Å². The molecule has 0 aromatic heterocycles. The van der Waals surface area contributed by atoms with E-state index in [1.807, 2.05) is 83.1 Å². The Morgan fingerprint density at radius 1 is 0.397 bits per heavy atom. The van der Waals surface area contributed by atoms with Gasteiger partial charge in [-0.1, -0.05) is 61.7 Å². The van der Waals surface area contributed by atoms with Crippen LogP contribution in [0, 0.1) is 20.2 Å². The van der Waals surface area contributed by atoms with Crippen molar-refractivity contribution < 1.29 is 137 Å². The van der Waals surface area contributed by atoms with Crippen molar-refractivity contribution in [1.29, 1.82) is 0 Å². The maximum absolute atomic E-state index is 13.2. The lowest BCUT2D eigenvalue weighted by atomic mass is 9.49. The number of halogens is 3. The Morgan fingerprint density at radius 2 is 0.702 bits per heavy atom. The molecule has 0 unspecified atom stereocenters. The fraction of sp³-hybridized carbons (Fsp3) is 0.433. The lowest BCUT2D eigenvalue weighted by Crippen LogP contribution is -2.41. The molecule has 3 saturated heterocycles. The van der Waals surface area contributed by atoms with Gasteiger partial charge in [-0.25, -0.2) is 8.42 Å². The first kappa shape index (κ1) is 118. The molecular weight excluding hydrogens is 2000 g/mol. The molecule has 141 heavy (non-hydrogen) atoms. The highest BCUT2D eigenvalue weighted by Gasteiger charge is 2.64. The number of nitrogens with zero attached hydrogens (tertiary/aromatic N) is 2. The monoisotopic (exact) mass is 2130 g/mol. The molecule has 0 spiro atoms. The standard InChI is InChI=1S/C26H27ClN2O7S.C21H24N2O7.C17H25BO6.C12H24B2O4.C11H13BrO4.C10H11BrN2O3/c1-4-28-26(32)17-6-5-16(22(12-17)29-37(33,34)21-9-7-20(27)8-10-21)11-18-13-23(35-2)24(36-3)14-19(18)15-25(30)31;1-5-22-21(25)14-7-6-13(17(9-14)23(26)27)8-15-10-18(28-2)19(29-3)11-16(15)12-20(24)30-4;1-16(2)17(3,4)24-18(23-16)12-10-14(21-6)13(20-5)8-11(12)9-15(19)22-7;1-9(2)10(3,4)16-13(15-9)14-17-11(5,6)12(7,8)18-14;1-14-9-4-7(5-11(13)16-3)8(12)6-10(9)15-2;1-2-12-10(14)7-3-4-8(6-11)9(5-7)13(15)16/h5-10,12-14,29H,4,11,15H2,1-3H3,(H,28,32)(H,30,31);6-7,9-11H,5,8,12H2,1-4H3,(H,22,25);8,10H,9H2,1-7H3;1-8H3;4,6H,5H2,1-3H3;3-5H,2,6H2,1H3,(H,12,14).